The number of nitrogens with zero attached hydrogens (tertiary/aromatic N) is 1. The summed E-state index contributed by atoms with van der Waals surface area (Å²) in [6.07, 6.45) is 0. The molecule has 0 bridgehead atoms. The smallest absolute Gasteiger partial charge is 0.0767 e. The molecular weight excluding hydrogens is 528 g/mol. The minimum Gasteiger partial charge on any atom is -0.672 e. The zero-order chi connectivity index (χ0) is 21.3. The van der Waals surface area contributed by atoms with Crippen LogP contribution >= 0.6 is 21.3 Å². The van der Waals surface area contributed by atoms with E-state index in [2.05, 4.69) is 14.4 Å². The molecule has 3 rings (SSSR count). The number of hydrogen-bond donors (Lipinski definition) is 0. The Kier molecular flexibility index (Phi) is 11.8. The van der Waals surface area contributed by atoms with Crippen molar-refractivity contribution in [2.24, 2.45) is 0 Å². The first-order valence-corrected chi connectivity index (χ1v) is 12.8. The molecule has 2 atom stereocenters. The predicted octanol–water partition coefficient (Wildman–Crippen LogP) is 7.22. The molecule has 0 fully saturated rings. The van der Waals surface area contributed by atoms with Gasteiger partial charge in [0.15, 0.2) is 0 Å². The standard InChI is InChI=1S/C21H19ClN2O2S.CH3.ClH.Ru/c22-19-13-7-8-16(14-19)15-27(25,26)24-21(18-11-5-2-6-12-18)20(23)17-9-3-1-4-10-17;;;/h1-14,20-21,23H,15H2;1H3;1H;/q-2;-1;;+4/p-1. The summed E-state index contributed by atoms with van der Waals surface area (Å²) >= 11 is 7.77. The van der Waals surface area contributed by atoms with Crippen LogP contribution in [0.2, 0.25) is 5.02 Å². The SMILES string of the molecule is [CH3-].[Cl][Ru+3].[NH-]C(c1ccccc1)C([N-]S(=O)(=O)Cc1cccc(Cl)c1)c1ccccc1. The third kappa shape index (κ3) is 8.11. The molecule has 0 heterocycles. The number of hydrogen-bond acceptors (Lipinski definition) is 2. The molecule has 3 aromatic rings. The molecule has 0 aliphatic rings. The van der Waals surface area contributed by atoms with Crippen molar-refractivity contribution in [1.29, 1.82) is 0 Å². The van der Waals surface area contributed by atoms with Crippen LogP contribution in [0, 0.1) is 7.43 Å². The van der Waals surface area contributed by atoms with E-state index in [0.29, 0.717) is 21.7 Å². The Bertz CT molecular complexity index is 990. The number of halogens is 2. The van der Waals surface area contributed by atoms with E-state index in [9.17, 15) is 8.42 Å². The second kappa shape index (κ2) is 13.2. The fourth-order valence-corrected chi connectivity index (χ4v) is 4.33. The van der Waals surface area contributed by atoms with Gasteiger partial charge < -0.3 is 17.9 Å². The first kappa shape index (κ1) is 26.8. The molecule has 3 aromatic carbocycles. The summed E-state index contributed by atoms with van der Waals surface area (Å²) in [5.74, 6) is -0.252. The molecule has 30 heavy (non-hydrogen) atoms. The molecular formula is C22H22Cl2N2O2RuS. The topological polar surface area (TPSA) is 72.0 Å². The largest absolute Gasteiger partial charge is 0.672 e. The van der Waals surface area contributed by atoms with Gasteiger partial charge in [-0.25, -0.2) is 8.42 Å². The number of benzene rings is 3. The van der Waals surface area contributed by atoms with Crippen LogP contribution in [0.25, 0.3) is 10.5 Å². The van der Waals surface area contributed by atoms with E-state index >= 15 is 0 Å². The third-order valence-corrected chi connectivity index (χ3v) is 5.61. The van der Waals surface area contributed by atoms with Crippen LogP contribution in [-0.2, 0) is 33.1 Å². The normalized spacial score (nSPS) is 12.6. The maximum atomic E-state index is 12.7. The van der Waals surface area contributed by atoms with E-state index in [1.54, 1.807) is 36.4 Å². The second-order valence-electron chi connectivity index (χ2n) is 6.21. The van der Waals surface area contributed by atoms with Crippen LogP contribution in [0.3, 0.4) is 0 Å². The summed E-state index contributed by atoms with van der Waals surface area (Å²) in [6, 6.07) is 23.3. The summed E-state index contributed by atoms with van der Waals surface area (Å²) in [4.78, 5) is 0. The van der Waals surface area contributed by atoms with Crippen molar-refractivity contribution in [3.05, 3.63) is 125 Å². The summed E-state index contributed by atoms with van der Waals surface area (Å²) < 4.78 is 29.6. The first-order valence-electron chi connectivity index (χ1n) is 8.58. The molecule has 0 amide bonds. The van der Waals surface area contributed by atoms with E-state index in [4.69, 9.17) is 17.3 Å². The Balaban J connectivity index is 0.00000146. The van der Waals surface area contributed by atoms with Gasteiger partial charge in [0.25, 0.3) is 0 Å². The molecule has 0 spiro atoms. The molecule has 1 N–H and O–H groups in total. The monoisotopic (exact) mass is 550 g/mol. The Morgan fingerprint density at radius 2 is 1.40 bits per heavy atom. The van der Waals surface area contributed by atoms with E-state index in [1.807, 2.05) is 65.8 Å². The molecule has 0 aromatic heterocycles. The van der Waals surface area contributed by atoms with Crippen molar-refractivity contribution in [3.63, 3.8) is 0 Å². The second-order valence-corrected chi connectivity index (χ2v) is 8.31. The van der Waals surface area contributed by atoms with Crippen LogP contribution in [0.15, 0.2) is 84.9 Å². The summed E-state index contributed by atoms with van der Waals surface area (Å²) in [5.41, 5.74) is 10.6. The van der Waals surface area contributed by atoms with E-state index in [-0.39, 0.29) is 13.2 Å². The van der Waals surface area contributed by atoms with E-state index < -0.39 is 22.1 Å². The maximum absolute atomic E-state index is 12.7. The molecule has 8 heteroatoms. The van der Waals surface area contributed by atoms with Crippen molar-refractivity contribution in [3.8, 4) is 0 Å². The van der Waals surface area contributed by atoms with Crippen molar-refractivity contribution in [1.82, 2.24) is 0 Å². The Hall–Kier alpha value is -1.27. The maximum Gasteiger partial charge on any atom is 0.0767 e. The Labute approximate surface area is 198 Å². The van der Waals surface area contributed by atoms with Gasteiger partial charge in [-0.1, -0.05) is 95.5 Å². The minimum atomic E-state index is -3.81. The summed E-state index contributed by atoms with van der Waals surface area (Å²) in [7, 11) is 0.763. The zero-order valence-corrected chi connectivity index (χ0v) is 20.3. The molecule has 160 valence electrons. The first-order chi connectivity index (χ1) is 13.9. The third-order valence-electron chi connectivity index (χ3n) is 4.13. The van der Waals surface area contributed by atoms with Gasteiger partial charge in [0, 0.05) is 5.02 Å². The molecule has 4 nitrogen and oxygen atoms in total. The van der Waals surface area contributed by atoms with Crippen LogP contribution in [0.4, 0.5) is 0 Å². The number of rotatable bonds is 7. The molecule has 2 unspecified atom stereocenters. The summed E-state index contributed by atoms with van der Waals surface area (Å²) in [5, 5.41) is 0.477. The van der Waals surface area contributed by atoms with Crippen molar-refractivity contribution < 1.29 is 25.7 Å². The molecule has 0 radical (unpaired) electrons. The molecule has 0 aliphatic carbocycles. The van der Waals surface area contributed by atoms with Crippen LogP contribution in [0.1, 0.15) is 28.8 Å². The minimum absolute atomic E-state index is 0. The van der Waals surface area contributed by atoms with E-state index in [1.165, 1.54) is 0 Å². The Morgan fingerprint density at radius 1 is 0.867 bits per heavy atom. The van der Waals surface area contributed by atoms with Gasteiger partial charge >= 0.3 is 27.0 Å². The fraction of sp³-hybridized carbons (Fsp3) is 0.136. The van der Waals surface area contributed by atoms with Gasteiger partial charge in [0.05, 0.1) is 15.8 Å². The fourth-order valence-electron chi connectivity index (χ4n) is 2.85. The van der Waals surface area contributed by atoms with Crippen molar-refractivity contribution in [2.45, 2.75) is 17.8 Å². The van der Waals surface area contributed by atoms with Gasteiger partial charge in [-0.05, 0) is 17.7 Å². The molecule has 0 saturated carbocycles. The quantitative estimate of drug-likeness (QED) is 0.230. The predicted molar refractivity (Wildman–Crippen MR) is 122 cm³/mol. The van der Waals surface area contributed by atoms with Gasteiger partial charge in [0.2, 0.25) is 0 Å². The van der Waals surface area contributed by atoms with Gasteiger partial charge in [-0.15, -0.1) is 12.1 Å². The average molecular weight is 550 g/mol. The zero-order valence-electron chi connectivity index (χ0n) is 16.2. The van der Waals surface area contributed by atoms with Gasteiger partial charge in [0.1, 0.15) is 0 Å². The number of sulfonamides is 1. The van der Waals surface area contributed by atoms with Crippen LogP contribution < -0.4 is 0 Å². The van der Waals surface area contributed by atoms with Gasteiger partial charge in [-0.3, -0.25) is 0 Å². The molecule has 0 saturated heterocycles. The average Bonchev–Trinajstić information content (AvgIpc) is 2.74. The van der Waals surface area contributed by atoms with Crippen molar-refractivity contribution >= 4 is 31.3 Å². The number of nitrogens with one attached hydrogen (secondary N) is 1. The van der Waals surface area contributed by atoms with Gasteiger partial charge in [-0.2, -0.15) is 0 Å². The van der Waals surface area contributed by atoms with E-state index in [0.717, 1.165) is 0 Å². The molecule has 0 aliphatic heterocycles. The van der Waals surface area contributed by atoms with Crippen molar-refractivity contribution in [2.75, 3.05) is 0 Å². The summed E-state index contributed by atoms with van der Waals surface area (Å²) in [6.45, 7) is 0. The van der Waals surface area contributed by atoms with Crippen LogP contribution in [0.5, 0.6) is 0 Å². The Morgan fingerprint density at radius 3 is 1.93 bits per heavy atom. The van der Waals surface area contributed by atoms with Crippen LogP contribution in [-0.4, -0.2) is 8.42 Å².